The fraction of sp³-hybridized carbons (Fsp3) is 0.375. The fourth-order valence-corrected chi connectivity index (χ4v) is 2.86. The highest BCUT2D eigenvalue weighted by Gasteiger charge is 2.11. The molecule has 1 aromatic heterocycles. The van der Waals surface area contributed by atoms with Crippen LogP contribution in [0.15, 0.2) is 36.5 Å². The molecule has 6 heteroatoms. The van der Waals surface area contributed by atoms with Gasteiger partial charge in [-0.2, -0.15) is 0 Å². The van der Waals surface area contributed by atoms with E-state index >= 15 is 0 Å². The molecule has 0 saturated carbocycles. The molecule has 0 aliphatic rings. The Hall–Kier alpha value is -1.92. The number of nitrogens with zero attached hydrogens (tertiary/aromatic N) is 1. The van der Waals surface area contributed by atoms with Crippen molar-refractivity contribution in [1.29, 1.82) is 0 Å². The van der Waals surface area contributed by atoms with Crippen LogP contribution < -0.4 is 10.6 Å². The molecule has 22 heavy (non-hydrogen) atoms. The highest BCUT2D eigenvalue weighted by molar-refractivity contribution is 7.19. The van der Waals surface area contributed by atoms with Crippen molar-refractivity contribution in [2.24, 2.45) is 5.92 Å². The van der Waals surface area contributed by atoms with Gasteiger partial charge < -0.3 is 10.4 Å². The van der Waals surface area contributed by atoms with Gasteiger partial charge in [0, 0.05) is 12.7 Å². The zero-order valence-corrected chi connectivity index (χ0v) is 13.6. The van der Waals surface area contributed by atoms with Crippen LogP contribution in [0.1, 0.15) is 20.3 Å². The van der Waals surface area contributed by atoms with E-state index in [1.54, 1.807) is 6.20 Å². The van der Waals surface area contributed by atoms with Crippen LogP contribution in [0, 0.1) is 5.92 Å². The zero-order valence-electron chi connectivity index (χ0n) is 12.7. The molecule has 0 radical (unpaired) electrons. The number of rotatable bonds is 6. The first-order chi connectivity index (χ1) is 10.5. The highest BCUT2D eigenvalue weighted by Crippen LogP contribution is 2.28. The van der Waals surface area contributed by atoms with Gasteiger partial charge in [-0.25, -0.2) is 9.78 Å². The summed E-state index contributed by atoms with van der Waals surface area (Å²) in [5.41, 5.74) is 1.07. The van der Waals surface area contributed by atoms with E-state index in [0.29, 0.717) is 17.5 Å². The van der Waals surface area contributed by atoms with Crippen LogP contribution in [0.2, 0.25) is 0 Å². The molecule has 1 heterocycles. The Bertz CT molecular complexity index is 598. The predicted octanol–water partition coefficient (Wildman–Crippen LogP) is 3.34. The number of aliphatic hydroxyl groups is 1. The number of aliphatic hydroxyl groups excluding tert-OH is 1. The molecule has 0 saturated heterocycles. The molecule has 1 atom stereocenters. The largest absolute Gasteiger partial charge is 0.391 e. The van der Waals surface area contributed by atoms with E-state index in [9.17, 15) is 9.90 Å². The van der Waals surface area contributed by atoms with Crippen molar-refractivity contribution in [3.63, 3.8) is 0 Å². The molecule has 118 valence electrons. The minimum Gasteiger partial charge on any atom is -0.391 e. The molecule has 2 amide bonds. The maximum Gasteiger partial charge on any atom is 0.321 e. The second-order valence-corrected chi connectivity index (χ2v) is 6.54. The standard InChI is InChI=1S/C16H21N3O2S/c1-11(2)8-13(20)9-17-15(21)19-16-18-10-14(22-16)12-6-4-3-5-7-12/h3-7,10-11,13,20H,8-9H2,1-2H3,(H2,17,18,19,21). The van der Waals surface area contributed by atoms with Gasteiger partial charge >= 0.3 is 6.03 Å². The number of nitrogens with one attached hydrogen (secondary N) is 2. The second-order valence-electron chi connectivity index (χ2n) is 5.51. The Kier molecular flexibility index (Phi) is 5.91. The van der Waals surface area contributed by atoms with Crippen LogP contribution in [0.3, 0.4) is 0 Å². The van der Waals surface area contributed by atoms with Crippen molar-refractivity contribution in [3.8, 4) is 10.4 Å². The zero-order chi connectivity index (χ0) is 15.9. The summed E-state index contributed by atoms with van der Waals surface area (Å²) in [7, 11) is 0. The van der Waals surface area contributed by atoms with Gasteiger partial charge in [0.15, 0.2) is 5.13 Å². The molecule has 3 N–H and O–H groups in total. The van der Waals surface area contributed by atoms with Gasteiger partial charge in [0.25, 0.3) is 0 Å². The lowest BCUT2D eigenvalue weighted by Gasteiger charge is -2.13. The maximum absolute atomic E-state index is 11.8. The van der Waals surface area contributed by atoms with E-state index in [1.807, 2.05) is 44.2 Å². The van der Waals surface area contributed by atoms with Gasteiger partial charge in [0.05, 0.1) is 11.0 Å². The van der Waals surface area contributed by atoms with Gasteiger partial charge in [-0.15, -0.1) is 0 Å². The van der Waals surface area contributed by atoms with E-state index in [2.05, 4.69) is 15.6 Å². The number of hydrogen-bond donors (Lipinski definition) is 3. The molecule has 1 aromatic carbocycles. The highest BCUT2D eigenvalue weighted by atomic mass is 32.1. The number of urea groups is 1. The third-order valence-electron chi connectivity index (χ3n) is 3.03. The molecule has 0 fully saturated rings. The Morgan fingerprint density at radius 1 is 1.32 bits per heavy atom. The molecule has 0 aliphatic carbocycles. The predicted molar refractivity (Wildman–Crippen MR) is 90.0 cm³/mol. The average Bonchev–Trinajstić information content (AvgIpc) is 2.94. The van der Waals surface area contributed by atoms with Crippen molar-refractivity contribution in [2.75, 3.05) is 11.9 Å². The number of hydrogen-bond acceptors (Lipinski definition) is 4. The van der Waals surface area contributed by atoms with Gasteiger partial charge in [-0.1, -0.05) is 55.5 Å². The first-order valence-electron chi connectivity index (χ1n) is 7.28. The molecule has 1 unspecified atom stereocenters. The van der Waals surface area contributed by atoms with Gasteiger partial charge in [-0.3, -0.25) is 5.32 Å². The van der Waals surface area contributed by atoms with Crippen LogP contribution in [0.5, 0.6) is 0 Å². The maximum atomic E-state index is 11.8. The minimum atomic E-state index is -0.526. The Balaban J connectivity index is 1.84. The smallest absolute Gasteiger partial charge is 0.321 e. The molecule has 0 aliphatic heterocycles. The summed E-state index contributed by atoms with van der Waals surface area (Å²) in [6.07, 6.45) is 1.88. The second kappa shape index (κ2) is 7.91. The molecular weight excluding hydrogens is 298 g/mol. The summed E-state index contributed by atoms with van der Waals surface area (Å²) in [5.74, 6) is 0.396. The minimum absolute atomic E-state index is 0.237. The molecule has 0 spiro atoms. The SMILES string of the molecule is CC(C)CC(O)CNC(=O)Nc1ncc(-c2ccccc2)s1. The topological polar surface area (TPSA) is 74.2 Å². The van der Waals surface area contributed by atoms with Crippen molar-refractivity contribution < 1.29 is 9.90 Å². The van der Waals surface area contributed by atoms with Crippen molar-refractivity contribution in [1.82, 2.24) is 10.3 Å². The lowest BCUT2D eigenvalue weighted by atomic mass is 10.1. The van der Waals surface area contributed by atoms with E-state index < -0.39 is 6.10 Å². The lowest BCUT2D eigenvalue weighted by Crippen LogP contribution is -2.35. The number of thiazole rings is 1. The van der Waals surface area contributed by atoms with E-state index in [4.69, 9.17) is 0 Å². The monoisotopic (exact) mass is 319 g/mol. The summed E-state index contributed by atoms with van der Waals surface area (Å²) >= 11 is 1.41. The fourth-order valence-electron chi connectivity index (χ4n) is 2.05. The van der Waals surface area contributed by atoms with E-state index in [1.165, 1.54) is 11.3 Å². The molecular formula is C16H21N3O2S. The number of benzene rings is 1. The molecule has 0 bridgehead atoms. The van der Waals surface area contributed by atoms with Crippen LogP contribution in [-0.4, -0.2) is 28.8 Å². The normalized spacial score (nSPS) is 12.2. The van der Waals surface area contributed by atoms with Gasteiger partial charge in [-0.05, 0) is 17.9 Å². The van der Waals surface area contributed by atoms with Crippen molar-refractivity contribution in [2.45, 2.75) is 26.4 Å². The Labute approximate surface area is 134 Å². The van der Waals surface area contributed by atoms with Gasteiger partial charge in [0.2, 0.25) is 0 Å². The van der Waals surface area contributed by atoms with Crippen molar-refractivity contribution >= 4 is 22.5 Å². The summed E-state index contributed by atoms with van der Waals surface area (Å²) in [4.78, 5) is 17.0. The number of amides is 2. The van der Waals surface area contributed by atoms with E-state index in [-0.39, 0.29) is 12.6 Å². The summed E-state index contributed by atoms with van der Waals surface area (Å²) in [6.45, 7) is 4.30. The quantitative estimate of drug-likeness (QED) is 0.764. The van der Waals surface area contributed by atoms with E-state index in [0.717, 1.165) is 10.4 Å². The summed E-state index contributed by atoms with van der Waals surface area (Å²) in [5, 5.41) is 15.6. The van der Waals surface area contributed by atoms with Crippen molar-refractivity contribution in [3.05, 3.63) is 36.5 Å². The lowest BCUT2D eigenvalue weighted by molar-refractivity contribution is 0.148. The van der Waals surface area contributed by atoms with Crippen LogP contribution in [-0.2, 0) is 0 Å². The number of aromatic nitrogens is 1. The first-order valence-corrected chi connectivity index (χ1v) is 8.10. The number of carbonyl (C=O) groups is 1. The summed E-state index contributed by atoms with van der Waals surface area (Å²) < 4.78 is 0. The number of anilines is 1. The third-order valence-corrected chi connectivity index (χ3v) is 3.99. The van der Waals surface area contributed by atoms with Crippen LogP contribution in [0.25, 0.3) is 10.4 Å². The Morgan fingerprint density at radius 2 is 2.05 bits per heavy atom. The van der Waals surface area contributed by atoms with Crippen LogP contribution >= 0.6 is 11.3 Å². The number of carbonyl (C=O) groups excluding carboxylic acids is 1. The van der Waals surface area contributed by atoms with Crippen LogP contribution in [0.4, 0.5) is 9.93 Å². The molecule has 2 rings (SSSR count). The average molecular weight is 319 g/mol. The van der Waals surface area contributed by atoms with Gasteiger partial charge in [0.1, 0.15) is 0 Å². The molecule has 2 aromatic rings. The summed E-state index contributed by atoms with van der Waals surface area (Å²) in [6, 6.07) is 9.53. The third kappa shape index (κ3) is 5.13. The molecule has 5 nitrogen and oxygen atoms in total. The Morgan fingerprint density at radius 3 is 2.73 bits per heavy atom. The first kappa shape index (κ1) is 16.5.